The van der Waals surface area contributed by atoms with Gasteiger partial charge < -0.3 is 4.74 Å². The Hall–Kier alpha value is -1.43. The maximum atomic E-state index is 11.6. The number of likely N-dealkylation sites (N-methyl/N-ethyl adjacent to an activating group) is 1. The van der Waals surface area contributed by atoms with Crippen LogP contribution in [0.15, 0.2) is 10.7 Å². The standard InChI is InChI=1S/C9H7BrN2O3/c1-12-8-5(6(13)9(12)14)7(15-2)4(10)3-11-8/h3H,1-2H3. The zero-order valence-electron chi connectivity index (χ0n) is 8.07. The minimum absolute atomic E-state index is 0.222. The second-order valence-electron chi connectivity index (χ2n) is 3.03. The van der Waals surface area contributed by atoms with Crippen molar-refractivity contribution >= 4 is 33.4 Å². The first kappa shape index (κ1) is 10.1. The summed E-state index contributed by atoms with van der Waals surface area (Å²) in [6, 6.07) is 0. The van der Waals surface area contributed by atoms with Gasteiger partial charge in [-0.3, -0.25) is 14.5 Å². The van der Waals surface area contributed by atoms with E-state index in [4.69, 9.17) is 4.74 Å². The first-order valence-electron chi connectivity index (χ1n) is 4.12. The Morgan fingerprint density at radius 3 is 2.73 bits per heavy atom. The minimum atomic E-state index is -0.589. The predicted molar refractivity (Wildman–Crippen MR) is 56.2 cm³/mol. The number of fused-ring (bicyclic) bond motifs is 1. The molecule has 0 saturated carbocycles. The fourth-order valence-electron chi connectivity index (χ4n) is 1.48. The molecule has 1 aromatic heterocycles. The van der Waals surface area contributed by atoms with Crippen molar-refractivity contribution in [2.45, 2.75) is 0 Å². The molecule has 1 amide bonds. The molecule has 2 heterocycles. The van der Waals surface area contributed by atoms with Gasteiger partial charge in [0.15, 0.2) is 5.82 Å². The lowest BCUT2D eigenvalue weighted by molar-refractivity contribution is -0.114. The van der Waals surface area contributed by atoms with Crippen molar-refractivity contribution in [2.24, 2.45) is 0 Å². The highest BCUT2D eigenvalue weighted by molar-refractivity contribution is 9.10. The second-order valence-corrected chi connectivity index (χ2v) is 3.89. The van der Waals surface area contributed by atoms with E-state index in [0.717, 1.165) is 0 Å². The Bertz CT molecular complexity index is 473. The van der Waals surface area contributed by atoms with Gasteiger partial charge in [0, 0.05) is 13.2 Å². The third-order valence-electron chi connectivity index (χ3n) is 2.22. The molecule has 0 aromatic carbocycles. The number of methoxy groups -OCH3 is 1. The van der Waals surface area contributed by atoms with E-state index >= 15 is 0 Å². The van der Waals surface area contributed by atoms with E-state index < -0.39 is 11.7 Å². The smallest absolute Gasteiger partial charge is 0.300 e. The van der Waals surface area contributed by atoms with Crippen molar-refractivity contribution in [1.82, 2.24) is 4.98 Å². The minimum Gasteiger partial charge on any atom is -0.495 e. The number of carbonyl (C=O) groups is 2. The van der Waals surface area contributed by atoms with Crippen LogP contribution in [0.4, 0.5) is 5.82 Å². The molecule has 6 heteroatoms. The summed E-state index contributed by atoms with van der Waals surface area (Å²) in [6.07, 6.45) is 1.50. The number of amides is 1. The molecule has 0 saturated heterocycles. The molecule has 0 spiro atoms. The monoisotopic (exact) mass is 270 g/mol. The largest absolute Gasteiger partial charge is 0.495 e. The van der Waals surface area contributed by atoms with Crippen molar-refractivity contribution < 1.29 is 14.3 Å². The maximum Gasteiger partial charge on any atom is 0.300 e. The van der Waals surface area contributed by atoms with E-state index in [1.165, 1.54) is 25.3 Å². The highest BCUT2D eigenvalue weighted by atomic mass is 79.9. The summed E-state index contributed by atoms with van der Waals surface area (Å²) < 4.78 is 5.62. The molecule has 0 atom stereocenters. The number of nitrogens with zero attached hydrogens (tertiary/aromatic N) is 2. The SMILES string of the molecule is COc1c(Br)cnc2c1C(=O)C(=O)N2C. The van der Waals surface area contributed by atoms with Crippen LogP contribution in [-0.4, -0.2) is 30.8 Å². The van der Waals surface area contributed by atoms with Crippen LogP contribution in [0.1, 0.15) is 10.4 Å². The summed E-state index contributed by atoms with van der Waals surface area (Å²) in [7, 11) is 2.95. The van der Waals surface area contributed by atoms with Crippen LogP contribution in [-0.2, 0) is 4.79 Å². The lowest BCUT2D eigenvalue weighted by Gasteiger charge is -2.09. The van der Waals surface area contributed by atoms with E-state index in [0.29, 0.717) is 16.0 Å². The third kappa shape index (κ3) is 1.25. The number of carbonyl (C=O) groups excluding carboxylic acids is 2. The van der Waals surface area contributed by atoms with Gasteiger partial charge in [-0.1, -0.05) is 0 Å². The summed E-state index contributed by atoms with van der Waals surface area (Å²) in [5, 5.41) is 0. The van der Waals surface area contributed by atoms with Gasteiger partial charge in [0.05, 0.1) is 11.6 Å². The van der Waals surface area contributed by atoms with Gasteiger partial charge in [-0.25, -0.2) is 4.98 Å². The fraction of sp³-hybridized carbons (Fsp3) is 0.222. The van der Waals surface area contributed by atoms with Crippen LogP contribution in [0.5, 0.6) is 5.75 Å². The maximum absolute atomic E-state index is 11.6. The summed E-state index contributed by atoms with van der Waals surface area (Å²) in [4.78, 5) is 28.2. The quantitative estimate of drug-likeness (QED) is 0.715. The topological polar surface area (TPSA) is 59.5 Å². The molecule has 5 nitrogen and oxygen atoms in total. The zero-order valence-corrected chi connectivity index (χ0v) is 9.66. The van der Waals surface area contributed by atoms with E-state index in [9.17, 15) is 9.59 Å². The Morgan fingerprint density at radius 1 is 1.47 bits per heavy atom. The molecule has 2 rings (SSSR count). The van der Waals surface area contributed by atoms with Crippen LogP contribution < -0.4 is 9.64 Å². The molecular formula is C9H7BrN2O3. The normalized spacial score (nSPS) is 14.5. The molecule has 0 N–H and O–H groups in total. The molecule has 0 aliphatic carbocycles. The number of halogens is 1. The predicted octanol–water partition coefficient (Wildman–Crippen LogP) is 1.01. The molecule has 0 unspecified atom stereocenters. The van der Waals surface area contributed by atoms with Crippen LogP contribution in [0.25, 0.3) is 0 Å². The number of ether oxygens (including phenoxy) is 1. The highest BCUT2D eigenvalue weighted by Gasteiger charge is 2.38. The van der Waals surface area contributed by atoms with Gasteiger partial charge >= 0.3 is 5.91 Å². The Balaban J connectivity index is 2.74. The van der Waals surface area contributed by atoms with Crippen LogP contribution >= 0.6 is 15.9 Å². The lowest BCUT2D eigenvalue weighted by atomic mass is 10.2. The first-order chi connectivity index (χ1) is 7.07. The third-order valence-corrected chi connectivity index (χ3v) is 2.78. The molecule has 1 aromatic rings. The Morgan fingerprint density at radius 2 is 2.13 bits per heavy atom. The van der Waals surface area contributed by atoms with Gasteiger partial charge in [-0.15, -0.1) is 0 Å². The van der Waals surface area contributed by atoms with Crippen molar-refractivity contribution in [2.75, 3.05) is 19.1 Å². The average Bonchev–Trinajstić information content (AvgIpc) is 2.44. The van der Waals surface area contributed by atoms with Gasteiger partial charge in [0.2, 0.25) is 0 Å². The molecular weight excluding hydrogens is 264 g/mol. The molecule has 0 bridgehead atoms. The van der Waals surface area contributed by atoms with E-state index in [-0.39, 0.29) is 5.56 Å². The molecule has 1 aliphatic heterocycles. The second kappa shape index (κ2) is 3.30. The van der Waals surface area contributed by atoms with Gasteiger partial charge in [0.1, 0.15) is 11.3 Å². The van der Waals surface area contributed by atoms with Crippen molar-refractivity contribution in [3.63, 3.8) is 0 Å². The lowest BCUT2D eigenvalue weighted by Crippen LogP contribution is -2.25. The molecule has 15 heavy (non-hydrogen) atoms. The van der Waals surface area contributed by atoms with E-state index in [2.05, 4.69) is 20.9 Å². The summed E-state index contributed by atoms with van der Waals surface area (Å²) in [6.45, 7) is 0. The number of ketones is 1. The summed E-state index contributed by atoms with van der Waals surface area (Å²) in [5.41, 5.74) is 0.222. The van der Waals surface area contributed by atoms with Crippen LogP contribution in [0.3, 0.4) is 0 Å². The van der Waals surface area contributed by atoms with Gasteiger partial charge in [0.25, 0.3) is 5.78 Å². The van der Waals surface area contributed by atoms with Gasteiger partial charge in [-0.2, -0.15) is 0 Å². The summed E-state index contributed by atoms with van der Waals surface area (Å²) in [5.74, 6) is -0.486. The number of hydrogen-bond donors (Lipinski definition) is 0. The van der Waals surface area contributed by atoms with E-state index in [1.54, 1.807) is 0 Å². The number of anilines is 1. The fourth-order valence-corrected chi connectivity index (χ4v) is 1.94. The van der Waals surface area contributed by atoms with Crippen molar-refractivity contribution in [3.8, 4) is 5.75 Å². The zero-order chi connectivity index (χ0) is 11.2. The molecule has 78 valence electrons. The number of hydrogen-bond acceptors (Lipinski definition) is 4. The Labute approximate surface area is 94.2 Å². The van der Waals surface area contributed by atoms with Crippen molar-refractivity contribution in [1.29, 1.82) is 0 Å². The van der Waals surface area contributed by atoms with Crippen LogP contribution in [0, 0.1) is 0 Å². The highest BCUT2D eigenvalue weighted by Crippen LogP contribution is 2.37. The summed E-state index contributed by atoms with van der Waals surface area (Å²) >= 11 is 3.21. The number of pyridine rings is 1. The molecule has 0 radical (unpaired) electrons. The van der Waals surface area contributed by atoms with E-state index in [1.807, 2.05) is 0 Å². The van der Waals surface area contributed by atoms with Gasteiger partial charge in [-0.05, 0) is 15.9 Å². The Kier molecular flexibility index (Phi) is 2.22. The first-order valence-corrected chi connectivity index (χ1v) is 4.92. The molecule has 0 fully saturated rings. The average molecular weight is 271 g/mol. The molecule has 1 aliphatic rings. The number of aromatic nitrogens is 1. The number of rotatable bonds is 1. The number of Topliss-reactive ketones (excluding diaryl/α,β-unsaturated/α-hetero) is 1. The van der Waals surface area contributed by atoms with Crippen LogP contribution in [0.2, 0.25) is 0 Å². The van der Waals surface area contributed by atoms with Crippen molar-refractivity contribution in [3.05, 3.63) is 16.2 Å².